The summed E-state index contributed by atoms with van der Waals surface area (Å²) in [5, 5.41) is 5.38. The number of aromatic amines is 1. The second-order valence-electron chi connectivity index (χ2n) is 6.41. The predicted octanol–water partition coefficient (Wildman–Crippen LogP) is 0.883. The molecule has 3 aromatic rings. The monoisotopic (exact) mass is 373 g/mol. The standard InChI is InChI=1S/C16H19N7O2S/c1-3-26(24,25)22-9-16(10-22,8-17-2)23-7-12(6-21-23)14-13-4-5-18-15(13)20-11-19-14/h4-7,11H,2-3,8-10H2,1H3,(H,18,19,20). The van der Waals surface area contributed by atoms with E-state index in [-0.39, 0.29) is 5.75 Å². The largest absolute Gasteiger partial charge is 0.346 e. The van der Waals surface area contributed by atoms with E-state index in [0.717, 1.165) is 22.3 Å². The first-order valence-corrected chi connectivity index (χ1v) is 9.84. The highest BCUT2D eigenvalue weighted by molar-refractivity contribution is 7.89. The van der Waals surface area contributed by atoms with Crippen LogP contribution in [0.25, 0.3) is 22.3 Å². The van der Waals surface area contributed by atoms with Crippen LogP contribution in [-0.2, 0) is 15.6 Å². The maximum absolute atomic E-state index is 12.1. The molecule has 4 rings (SSSR count). The van der Waals surface area contributed by atoms with Gasteiger partial charge in [-0.3, -0.25) is 9.67 Å². The SMILES string of the molecule is C=NCC1(n2cc(-c3ncnc4[nH]ccc34)cn2)CN(S(=O)(=O)CC)C1. The molecule has 0 saturated carbocycles. The van der Waals surface area contributed by atoms with Gasteiger partial charge in [-0.15, -0.1) is 0 Å². The second kappa shape index (κ2) is 5.99. The topological polar surface area (TPSA) is 109 Å². The van der Waals surface area contributed by atoms with Gasteiger partial charge in [0.2, 0.25) is 10.0 Å². The van der Waals surface area contributed by atoms with E-state index in [4.69, 9.17) is 0 Å². The number of sulfonamides is 1. The molecule has 0 atom stereocenters. The lowest BCUT2D eigenvalue weighted by atomic mass is 9.92. The Labute approximate surface area is 150 Å². The number of nitrogens with zero attached hydrogens (tertiary/aromatic N) is 6. The van der Waals surface area contributed by atoms with E-state index in [1.807, 2.05) is 18.5 Å². The number of hydrogen-bond donors (Lipinski definition) is 1. The molecule has 1 aliphatic heterocycles. The summed E-state index contributed by atoms with van der Waals surface area (Å²) < 4.78 is 27.4. The van der Waals surface area contributed by atoms with Crippen LogP contribution in [0.3, 0.4) is 0 Å². The highest BCUT2D eigenvalue weighted by atomic mass is 32.2. The van der Waals surface area contributed by atoms with E-state index in [1.165, 1.54) is 10.6 Å². The minimum absolute atomic E-state index is 0.0847. The van der Waals surface area contributed by atoms with Crippen molar-refractivity contribution in [2.75, 3.05) is 25.4 Å². The van der Waals surface area contributed by atoms with Crippen molar-refractivity contribution in [3.8, 4) is 11.3 Å². The van der Waals surface area contributed by atoms with Gasteiger partial charge in [0.15, 0.2) is 0 Å². The van der Waals surface area contributed by atoms with Crippen molar-refractivity contribution in [3.05, 3.63) is 31.0 Å². The van der Waals surface area contributed by atoms with Crippen molar-refractivity contribution in [1.82, 2.24) is 29.0 Å². The number of rotatable bonds is 6. The summed E-state index contributed by atoms with van der Waals surface area (Å²) in [7, 11) is -3.22. The van der Waals surface area contributed by atoms with Gasteiger partial charge in [0.25, 0.3) is 0 Å². The molecule has 0 spiro atoms. The van der Waals surface area contributed by atoms with Gasteiger partial charge in [-0.2, -0.15) is 9.40 Å². The Balaban J connectivity index is 1.68. The van der Waals surface area contributed by atoms with Gasteiger partial charge in [0.1, 0.15) is 17.5 Å². The van der Waals surface area contributed by atoms with Crippen LogP contribution in [-0.4, -0.2) is 69.6 Å². The van der Waals surface area contributed by atoms with E-state index in [1.54, 1.807) is 17.8 Å². The summed E-state index contributed by atoms with van der Waals surface area (Å²) in [5.74, 6) is 0.0847. The molecule has 26 heavy (non-hydrogen) atoms. The zero-order chi connectivity index (χ0) is 18.4. The molecule has 1 saturated heterocycles. The van der Waals surface area contributed by atoms with Crippen LogP contribution in [0, 0.1) is 0 Å². The van der Waals surface area contributed by atoms with Crippen molar-refractivity contribution in [1.29, 1.82) is 0 Å². The quantitative estimate of drug-likeness (QED) is 0.645. The van der Waals surface area contributed by atoms with Gasteiger partial charge in [0, 0.05) is 36.4 Å². The Morgan fingerprint density at radius 2 is 2.19 bits per heavy atom. The number of hydrogen-bond acceptors (Lipinski definition) is 6. The number of aliphatic imine (C=N–C) groups is 1. The molecule has 4 heterocycles. The summed E-state index contributed by atoms with van der Waals surface area (Å²) in [5.41, 5.74) is 1.87. The van der Waals surface area contributed by atoms with E-state index in [2.05, 4.69) is 31.8 Å². The third-order valence-corrected chi connectivity index (χ3v) is 6.58. The molecule has 1 N–H and O–H groups in total. The fourth-order valence-corrected chi connectivity index (χ4v) is 4.56. The van der Waals surface area contributed by atoms with Crippen LogP contribution >= 0.6 is 0 Å². The molecule has 3 aromatic heterocycles. The minimum Gasteiger partial charge on any atom is -0.346 e. The first-order chi connectivity index (χ1) is 12.5. The number of aromatic nitrogens is 5. The first kappa shape index (κ1) is 16.9. The maximum Gasteiger partial charge on any atom is 0.213 e. The predicted molar refractivity (Wildman–Crippen MR) is 98.5 cm³/mol. The van der Waals surface area contributed by atoms with Gasteiger partial charge < -0.3 is 4.98 Å². The van der Waals surface area contributed by atoms with Gasteiger partial charge in [0.05, 0.1) is 24.2 Å². The van der Waals surface area contributed by atoms with Crippen LogP contribution in [0.2, 0.25) is 0 Å². The zero-order valence-corrected chi connectivity index (χ0v) is 15.1. The molecular formula is C16H19N7O2S. The fraction of sp³-hybridized carbons (Fsp3) is 0.375. The molecule has 0 aromatic carbocycles. The van der Waals surface area contributed by atoms with Crippen LogP contribution in [0.5, 0.6) is 0 Å². The molecule has 0 aliphatic carbocycles. The van der Waals surface area contributed by atoms with E-state index < -0.39 is 15.6 Å². The van der Waals surface area contributed by atoms with Crippen molar-refractivity contribution in [2.24, 2.45) is 4.99 Å². The van der Waals surface area contributed by atoms with Crippen LogP contribution in [0.15, 0.2) is 36.0 Å². The molecule has 9 nitrogen and oxygen atoms in total. The number of nitrogens with one attached hydrogen (secondary N) is 1. The van der Waals surface area contributed by atoms with E-state index in [0.29, 0.717) is 19.6 Å². The smallest absolute Gasteiger partial charge is 0.213 e. The van der Waals surface area contributed by atoms with Crippen LogP contribution < -0.4 is 0 Å². The van der Waals surface area contributed by atoms with Gasteiger partial charge in [-0.25, -0.2) is 18.4 Å². The Morgan fingerprint density at radius 1 is 1.38 bits per heavy atom. The van der Waals surface area contributed by atoms with Gasteiger partial charge in [-0.05, 0) is 19.7 Å². The average Bonchev–Trinajstić information content (AvgIpc) is 3.26. The molecule has 0 bridgehead atoms. The van der Waals surface area contributed by atoms with E-state index in [9.17, 15) is 8.42 Å². The minimum atomic E-state index is -3.22. The maximum atomic E-state index is 12.1. The lowest BCUT2D eigenvalue weighted by Gasteiger charge is -2.48. The lowest BCUT2D eigenvalue weighted by molar-refractivity contribution is 0.0766. The summed E-state index contributed by atoms with van der Waals surface area (Å²) in [6.07, 6.45) is 6.94. The summed E-state index contributed by atoms with van der Waals surface area (Å²) in [4.78, 5) is 15.6. The normalized spacial score (nSPS) is 17.3. The Hall–Kier alpha value is -2.59. The third kappa shape index (κ3) is 2.53. The molecule has 0 amide bonds. The summed E-state index contributed by atoms with van der Waals surface area (Å²) in [6.45, 7) is 6.29. The molecule has 1 fully saturated rings. The van der Waals surface area contributed by atoms with Gasteiger partial charge >= 0.3 is 0 Å². The Kier molecular flexibility index (Phi) is 3.88. The molecule has 1 aliphatic rings. The highest BCUT2D eigenvalue weighted by Crippen LogP contribution is 2.33. The van der Waals surface area contributed by atoms with Crippen LogP contribution in [0.1, 0.15) is 6.92 Å². The second-order valence-corrected chi connectivity index (χ2v) is 8.67. The van der Waals surface area contributed by atoms with Crippen LogP contribution in [0.4, 0.5) is 0 Å². The number of fused-ring (bicyclic) bond motifs is 1. The summed E-state index contributed by atoms with van der Waals surface area (Å²) in [6, 6.07) is 1.92. The van der Waals surface area contributed by atoms with Crippen molar-refractivity contribution in [3.63, 3.8) is 0 Å². The van der Waals surface area contributed by atoms with Crippen molar-refractivity contribution >= 4 is 27.8 Å². The average molecular weight is 373 g/mol. The number of H-pyrrole nitrogens is 1. The zero-order valence-electron chi connectivity index (χ0n) is 14.3. The van der Waals surface area contributed by atoms with Gasteiger partial charge in [-0.1, -0.05) is 0 Å². The lowest BCUT2D eigenvalue weighted by Crippen LogP contribution is -2.66. The van der Waals surface area contributed by atoms with Crippen molar-refractivity contribution < 1.29 is 8.42 Å². The van der Waals surface area contributed by atoms with Crippen molar-refractivity contribution in [2.45, 2.75) is 12.5 Å². The molecular weight excluding hydrogens is 354 g/mol. The first-order valence-electron chi connectivity index (χ1n) is 8.23. The molecule has 10 heteroatoms. The summed E-state index contributed by atoms with van der Waals surface area (Å²) >= 11 is 0. The van der Waals surface area contributed by atoms with E-state index >= 15 is 0 Å². The Bertz CT molecular complexity index is 1060. The Morgan fingerprint density at radius 3 is 2.92 bits per heavy atom. The molecule has 136 valence electrons. The highest BCUT2D eigenvalue weighted by Gasteiger charge is 2.49. The third-order valence-electron chi connectivity index (χ3n) is 4.80. The fourth-order valence-electron chi connectivity index (χ4n) is 3.32. The molecule has 0 unspecified atom stereocenters. The molecule has 0 radical (unpaired) electrons.